The SMILES string of the molecule is Cc1ccc(-c2ccc(Cl)c(F)c2)c(C)c1C1=C(O)[C@]2(CC[C@@](O)(C(F)(F)F)CC2)NC1=O. The van der Waals surface area contributed by atoms with Gasteiger partial charge in [0.05, 0.1) is 16.1 Å². The predicted octanol–water partition coefficient (Wildman–Crippen LogP) is 5.77. The molecule has 4 nitrogen and oxygen atoms in total. The highest BCUT2D eigenvalue weighted by atomic mass is 35.5. The lowest BCUT2D eigenvalue weighted by Gasteiger charge is -2.42. The van der Waals surface area contributed by atoms with Gasteiger partial charge in [-0.1, -0.05) is 29.8 Å². The molecule has 1 spiro atoms. The van der Waals surface area contributed by atoms with Gasteiger partial charge in [0.25, 0.3) is 5.91 Å². The number of carbonyl (C=O) groups excluding carboxylic acids is 1. The second kappa shape index (κ2) is 7.74. The number of aliphatic hydroxyl groups is 2. The molecule has 2 aromatic carbocycles. The summed E-state index contributed by atoms with van der Waals surface area (Å²) < 4.78 is 53.7. The molecule has 2 aromatic rings. The minimum absolute atomic E-state index is 0.0151. The molecule has 33 heavy (non-hydrogen) atoms. The third kappa shape index (κ3) is 3.69. The number of aliphatic hydroxyl groups excluding tert-OH is 1. The van der Waals surface area contributed by atoms with Crippen LogP contribution >= 0.6 is 11.6 Å². The summed E-state index contributed by atoms with van der Waals surface area (Å²) in [4.78, 5) is 13.0. The maximum Gasteiger partial charge on any atom is 0.417 e. The van der Waals surface area contributed by atoms with Gasteiger partial charge < -0.3 is 15.5 Å². The van der Waals surface area contributed by atoms with Crippen molar-refractivity contribution in [2.45, 2.75) is 56.8 Å². The van der Waals surface area contributed by atoms with Crippen molar-refractivity contribution in [2.24, 2.45) is 0 Å². The van der Waals surface area contributed by atoms with Gasteiger partial charge in [0.1, 0.15) is 11.6 Å². The van der Waals surface area contributed by atoms with Crippen LogP contribution in [0.5, 0.6) is 0 Å². The molecule has 1 saturated carbocycles. The van der Waals surface area contributed by atoms with Gasteiger partial charge in [-0.3, -0.25) is 4.79 Å². The number of alkyl halides is 3. The van der Waals surface area contributed by atoms with E-state index < -0.39 is 41.9 Å². The van der Waals surface area contributed by atoms with Crippen molar-refractivity contribution in [1.29, 1.82) is 0 Å². The second-order valence-electron chi connectivity index (χ2n) is 8.85. The first kappa shape index (κ1) is 23.6. The molecule has 0 unspecified atom stereocenters. The van der Waals surface area contributed by atoms with Gasteiger partial charge in [-0.05, 0) is 79.5 Å². The van der Waals surface area contributed by atoms with E-state index in [4.69, 9.17) is 11.6 Å². The fraction of sp³-hybridized carbons (Fsp3) is 0.375. The Bertz CT molecular complexity index is 1180. The Morgan fingerprint density at radius 1 is 1.06 bits per heavy atom. The van der Waals surface area contributed by atoms with E-state index in [9.17, 15) is 32.6 Å². The van der Waals surface area contributed by atoms with Gasteiger partial charge in [0.15, 0.2) is 5.60 Å². The number of nitrogens with one attached hydrogen (secondary N) is 1. The number of hydrogen-bond acceptors (Lipinski definition) is 3. The quantitative estimate of drug-likeness (QED) is 0.475. The summed E-state index contributed by atoms with van der Waals surface area (Å²) in [5, 5.41) is 23.7. The average Bonchev–Trinajstić information content (AvgIpc) is 2.96. The molecule has 0 saturated heterocycles. The fourth-order valence-electron chi connectivity index (χ4n) is 4.86. The van der Waals surface area contributed by atoms with E-state index in [1.807, 2.05) is 0 Å². The Morgan fingerprint density at radius 3 is 2.27 bits per heavy atom. The highest BCUT2D eigenvalue weighted by molar-refractivity contribution is 6.30. The largest absolute Gasteiger partial charge is 0.509 e. The van der Waals surface area contributed by atoms with E-state index >= 15 is 0 Å². The minimum atomic E-state index is -4.80. The Labute approximate surface area is 192 Å². The van der Waals surface area contributed by atoms with Gasteiger partial charge in [-0.25, -0.2) is 4.39 Å². The Balaban J connectivity index is 1.78. The summed E-state index contributed by atoms with van der Waals surface area (Å²) in [6, 6.07) is 7.82. The van der Waals surface area contributed by atoms with E-state index in [1.54, 1.807) is 32.0 Å². The van der Waals surface area contributed by atoms with E-state index in [0.717, 1.165) is 0 Å². The third-order valence-electron chi connectivity index (χ3n) is 6.88. The van der Waals surface area contributed by atoms with Crippen molar-refractivity contribution in [2.75, 3.05) is 0 Å². The van der Waals surface area contributed by atoms with Crippen molar-refractivity contribution >= 4 is 23.1 Å². The molecule has 176 valence electrons. The Kier molecular flexibility index (Phi) is 5.53. The van der Waals surface area contributed by atoms with Crippen molar-refractivity contribution in [3.8, 4) is 11.1 Å². The predicted molar refractivity (Wildman–Crippen MR) is 116 cm³/mol. The van der Waals surface area contributed by atoms with Crippen LogP contribution in [0.4, 0.5) is 17.6 Å². The summed E-state index contributed by atoms with van der Waals surface area (Å²) in [5.41, 5.74) is -1.38. The van der Waals surface area contributed by atoms with Crippen LogP contribution in [0.3, 0.4) is 0 Å². The second-order valence-corrected chi connectivity index (χ2v) is 9.26. The van der Waals surface area contributed by atoms with Gasteiger partial charge in [0.2, 0.25) is 0 Å². The third-order valence-corrected chi connectivity index (χ3v) is 7.19. The minimum Gasteiger partial charge on any atom is -0.509 e. The molecular weight excluding hydrogens is 462 g/mol. The van der Waals surface area contributed by atoms with Gasteiger partial charge in [0, 0.05) is 0 Å². The van der Waals surface area contributed by atoms with Gasteiger partial charge in [-0.2, -0.15) is 13.2 Å². The molecule has 0 bridgehead atoms. The van der Waals surface area contributed by atoms with Crippen LogP contribution in [0.15, 0.2) is 36.1 Å². The van der Waals surface area contributed by atoms with Crippen LogP contribution in [-0.4, -0.2) is 33.4 Å². The van der Waals surface area contributed by atoms with E-state index in [2.05, 4.69) is 5.32 Å². The van der Waals surface area contributed by atoms with Crippen LogP contribution < -0.4 is 5.32 Å². The van der Waals surface area contributed by atoms with Crippen LogP contribution in [-0.2, 0) is 4.79 Å². The molecule has 4 rings (SSSR count). The lowest BCUT2D eigenvalue weighted by molar-refractivity contribution is -0.272. The van der Waals surface area contributed by atoms with E-state index in [1.165, 1.54) is 12.1 Å². The number of halogens is 5. The smallest absolute Gasteiger partial charge is 0.417 e. The average molecular weight is 484 g/mol. The van der Waals surface area contributed by atoms with Crippen LogP contribution in [0.25, 0.3) is 16.7 Å². The van der Waals surface area contributed by atoms with Crippen molar-refractivity contribution in [3.63, 3.8) is 0 Å². The molecule has 9 heteroatoms. The Morgan fingerprint density at radius 2 is 1.70 bits per heavy atom. The first-order chi connectivity index (χ1) is 15.3. The standard InChI is InChI=1S/C24H22ClF4NO3/c1-12-3-5-15(14-4-6-16(25)17(26)11-14)13(2)18(12)19-20(31)22(30-21(19)32)7-9-23(33,10-8-22)24(27,28)29/h3-6,11,31,33H,7-10H2,1-2H3,(H,30,32)/t22-,23+. The summed E-state index contributed by atoms with van der Waals surface area (Å²) in [5.74, 6) is -1.53. The molecule has 1 amide bonds. The molecule has 3 N–H and O–H groups in total. The maximum atomic E-state index is 14.0. The lowest BCUT2D eigenvalue weighted by Crippen LogP contribution is -2.56. The summed E-state index contributed by atoms with van der Waals surface area (Å²) in [6.07, 6.45) is -6.60. The first-order valence-electron chi connectivity index (χ1n) is 10.4. The molecule has 1 aliphatic carbocycles. The van der Waals surface area contributed by atoms with Crippen LogP contribution in [0, 0.1) is 19.7 Å². The van der Waals surface area contributed by atoms with E-state index in [0.29, 0.717) is 27.8 Å². The van der Waals surface area contributed by atoms with E-state index in [-0.39, 0.29) is 29.2 Å². The monoisotopic (exact) mass is 483 g/mol. The number of aryl methyl sites for hydroxylation is 1. The van der Waals surface area contributed by atoms with Crippen molar-refractivity contribution < 1.29 is 32.6 Å². The first-order valence-corrected chi connectivity index (χ1v) is 10.8. The molecule has 0 atom stereocenters. The number of hydrogen-bond donors (Lipinski definition) is 3. The number of benzene rings is 2. The molecule has 0 aromatic heterocycles. The zero-order chi connectivity index (χ0) is 24.3. The normalized spacial score (nSPS) is 25.6. The molecule has 1 fully saturated rings. The lowest BCUT2D eigenvalue weighted by atomic mass is 9.73. The highest BCUT2D eigenvalue weighted by Crippen LogP contribution is 2.49. The topological polar surface area (TPSA) is 69.6 Å². The number of amides is 1. The van der Waals surface area contributed by atoms with Gasteiger partial charge >= 0.3 is 6.18 Å². The Hall–Kier alpha value is -2.58. The zero-order valence-corrected chi connectivity index (χ0v) is 18.7. The molecule has 0 radical (unpaired) electrons. The van der Waals surface area contributed by atoms with Crippen LogP contribution in [0.2, 0.25) is 5.02 Å². The molecule has 1 aliphatic heterocycles. The van der Waals surface area contributed by atoms with Crippen molar-refractivity contribution in [1.82, 2.24) is 5.32 Å². The number of rotatable bonds is 2. The molecule has 2 aliphatic rings. The molecular formula is C24H22ClF4NO3. The number of carbonyl (C=O) groups is 1. The summed E-state index contributed by atoms with van der Waals surface area (Å²) in [6.45, 7) is 3.47. The molecule has 1 heterocycles. The maximum absolute atomic E-state index is 14.0. The fourth-order valence-corrected chi connectivity index (χ4v) is 4.98. The zero-order valence-electron chi connectivity index (χ0n) is 17.9. The highest BCUT2D eigenvalue weighted by Gasteiger charge is 2.60. The van der Waals surface area contributed by atoms with Crippen molar-refractivity contribution in [3.05, 3.63) is 63.6 Å². The summed E-state index contributed by atoms with van der Waals surface area (Å²) >= 11 is 5.78. The van der Waals surface area contributed by atoms with Gasteiger partial charge in [-0.15, -0.1) is 0 Å². The van der Waals surface area contributed by atoms with Crippen LogP contribution in [0.1, 0.15) is 42.4 Å². The summed E-state index contributed by atoms with van der Waals surface area (Å²) in [7, 11) is 0.